The molecule has 1 aromatic heterocycles. The Bertz CT molecular complexity index is 2730. The number of hydrogen-bond acceptors (Lipinski definition) is 2. The highest BCUT2D eigenvalue weighted by Gasteiger charge is 2.29. The molecule has 3 heteroatoms. The Hall–Kier alpha value is -5.80. The van der Waals surface area contributed by atoms with Crippen LogP contribution in [0.3, 0.4) is 0 Å². The van der Waals surface area contributed by atoms with Gasteiger partial charge in [0.1, 0.15) is 0 Å². The van der Waals surface area contributed by atoms with E-state index in [-0.39, 0.29) is 11.1 Å². The van der Waals surface area contributed by atoms with Gasteiger partial charge in [0.25, 0.3) is 11.1 Å². The Labute approximate surface area is 257 Å². The summed E-state index contributed by atoms with van der Waals surface area (Å²) in [6.07, 6.45) is 0. The molecule has 0 aliphatic heterocycles. The molecule has 0 unspecified atom stereocenters. The maximum Gasteiger partial charge on any atom is 0.266 e. The van der Waals surface area contributed by atoms with E-state index in [0.717, 1.165) is 65.7 Å². The van der Waals surface area contributed by atoms with E-state index in [9.17, 15) is 9.59 Å². The highest BCUT2D eigenvalue weighted by molar-refractivity contribution is 6.50. The van der Waals surface area contributed by atoms with Gasteiger partial charge in [-0.25, -0.2) is 4.57 Å². The third-order valence-corrected chi connectivity index (χ3v) is 10.2. The maximum atomic E-state index is 14.7. The fourth-order valence-electron chi connectivity index (χ4n) is 8.00. The highest BCUT2D eigenvalue weighted by Crippen LogP contribution is 2.53. The molecule has 210 valence electrons. The minimum Gasteiger partial charge on any atom is -0.268 e. The van der Waals surface area contributed by atoms with Crippen molar-refractivity contribution in [2.75, 3.05) is 0 Å². The Kier molecular flexibility index (Phi) is 4.61. The monoisotopic (exact) mass is 575 g/mol. The Morgan fingerprint density at radius 1 is 0.422 bits per heavy atom. The summed E-state index contributed by atoms with van der Waals surface area (Å²) in [7, 11) is 0. The Balaban J connectivity index is 1.52. The van der Waals surface area contributed by atoms with Crippen molar-refractivity contribution >= 4 is 64.6 Å². The number of aryl methyl sites for hydroxylation is 2. The van der Waals surface area contributed by atoms with E-state index in [1.807, 2.05) is 44.2 Å². The molecule has 45 heavy (non-hydrogen) atoms. The number of hydrogen-bond donors (Lipinski definition) is 0. The number of aromatic nitrogens is 1. The molecule has 0 bridgehead atoms. The fraction of sp³-hybridized carbons (Fsp3) is 0.0476. The summed E-state index contributed by atoms with van der Waals surface area (Å²) in [5.41, 5.74) is 6.56. The smallest absolute Gasteiger partial charge is 0.266 e. The maximum absolute atomic E-state index is 14.7. The van der Waals surface area contributed by atoms with Crippen molar-refractivity contribution in [3.63, 3.8) is 0 Å². The highest BCUT2D eigenvalue weighted by atomic mass is 16.2. The van der Waals surface area contributed by atoms with Crippen LogP contribution in [0.2, 0.25) is 0 Å². The molecule has 0 aliphatic rings. The van der Waals surface area contributed by atoms with Crippen molar-refractivity contribution in [1.29, 1.82) is 0 Å². The number of benzene rings is 8. The average molecular weight is 576 g/mol. The van der Waals surface area contributed by atoms with Crippen LogP contribution in [-0.4, -0.2) is 4.57 Å². The lowest BCUT2D eigenvalue weighted by atomic mass is 9.89. The van der Waals surface area contributed by atoms with Gasteiger partial charge in [-0.1, -0.05) is 91.0 Å². The van der Waals surface area contributed by atoms with E-state index in [0.29, 0.717) is 16.5 Å². The lowest BCUT2D eigenvalue weighted by molar-refractivity contribution is 0.987. The predicted octanol–water partition coefficient (Wildman–Crippen LogP) is 9.82. The van der Waals surface area contributed by atoms with Crippen molar-refractivity contribution < 1.29 is 0 Å². The second-order valence-electron chi connectivity index (χ2n) is 12.5. The second-order valence-corrected chi connectivity index (χ2v) is 12.5. The number of fused-ring (bicyclic) bond motifs is 3. The zero-order valence-electron chi connectivity index (χ0n) is 24.7. The van der Waals surface area contributed by atoms with Crippen LogP contribution in [0, 0.1) is 13.8 Å². The third-order valence-electron chi connectivity index (χ3n) is 10.2. The van der Waals surface area contributed by atoms with Gasteiger partial charge in [0.15, 0.2) is 0 Å². The largest absolute Gasteiger partial charge is 0.268 e. The van der Waals surface area contributed by atoms with E-state index in [1.165, 1.54) is 26.1 Å². The molecular weight excluding hydrogens is 550 g/mol. The van der Waals surface area contributed by atoms with Gasteiger partial charge in [0.05, 0.1) is 16.5 Å². The van der Waals surface area contributed by atoms with Crippen molar-refractivity contribution in [3.05, 3.63) is 147 Å². The first kappa shape index (κ1) is 24.6. The van der Waals surface area contributed by atoms with Gasteiger partial charge >= 0.3 is 0 Å². The van der Waals surface area contributed by atoms with E-state index < -0.39 is 0 Å². The standard InChI is InChI=1S/C42H25NO2/c1-22-13-16-27(19-23(22)2)43-41(44)39-32-20-30(24-9-5-3-6-10-24)28-17-14-26-15-18-29-31(25-11-7-4-8-12-25)21-33(40(39)42(43)45)38-36(29)34(26)35(28)37(32)38/h3-21H,1-2H3. The van der Waals surface area contributed by atoms with Gasteiger partial charge in [-0.3, -0.25) is 9.59 Å². The van der Waals surface area contributed by atoms with Gasteiger partial charge in [-0.05, 0) is 125 Å². The second kappa shape index (κ2) is 8.43. The zero-order chi connectivity index (χ0) is 30.1. The first-order valence-electron chi connectivity index (χ1n) is 15.4. The van der Waals surface area contributed by atoms with Gasteiger partial charge in [0, 0.05) is 0 Å². The van der Waals surface area contributed by atoms with Crippen molar-refractivity contribution in [2.24, 2.45) is 0 Å². The summed E-state index contributed by atoms with van der Waals surface area (Å²) in [6, 6.07) is 39.8. The molecule has 1 heterocycles. The molecule has 0 spiro atoms. The molecule has 0 N–H and O–H groups in total. The summed E-state index contributed by atoms with van der Waals surface area (Å²) >= 11 is 0. The first-order valence-corrected chi connectivity index (χ1v) is 15.4. The molecule has 0 saturated carbocycles. The summed E-state index contributed by atoms with van der Waals surface area (Å²) in [4.78, 5) is 29.3. The van der Waals surface area contributed by atoms with Crippen LogP contribution in [0.25, 0.3) is 92.6 Å². The first-order chi connectivity index (χ1) is 22.0. The molecular formula is C42H25NO2. The van der Waals surface area contributed by atoms with Crippen LogP contribution in [0.5, 0.6) is 0 Å². The molecule has 0 fully saturated rings. The molecule has 0 aliphatic carbocycles. The van der Waals surface area contributed by atoms with E-state index in [4.69, 9.17) is 0 Å². The Morgan fingerprint density at radius 3 is 1.40 bits per heavy atom. The van der Waals surface area contributed by atoms with Crippen LogP contribution >= 0.6 is 0 Å². The molecule has 0 atom stereocenters. The number of nitrogens with zero attached hydrogens (tertiary/aromatic N) is 1. The van der Waals surface area contributed by atoms with Crippen LogP contribution in [0.15, 0.2) is 125 Å². The molecule has 9 aromatic carbocycles. The summed E-state index contributed by atoms with van der Waals surface area (Å²) in [5.74, 6) is 0. The third kappa shape index (κ3) is 3.00. The molecule has 0 amide bonds. The van der Waals surface area contributed by atoms with E-state index in [1.54, 1.807) is 0 Å². The molecule has 0 saturated heterocycles. The minimum absolute atomic E-state index is 0.261. The Morgan fingerprint density at radius 2 is 0.911 bits per heavy atom. The lowest BCUT2D eigenvalue weighted by Crippen LogP contribution is -2.23. The topological polar surface area (TPSA) is 39.1 Å². The SMILES string of the molecule is Cc1ccc(-n2c(=O)c3c4cc(-c5ccccc5)c5ccc6ccc7c(-c8ccccc8)cc(c3c2=O)c2c7c6c5c42)cc1C. The van der Waals surface area contributed by atoms with E-state index >= 15 is 0 Å². The van der Waals surface area contributed by atoms with Crippen molar-refractivity contribution in [1.82, 2.24) is 4.57 Å². The molecule has 10 rings (SSSR count). The summed E-state index contributed by atoms with van der Waals surface area (Å²) in [6.45, 7) is 4.06. The number of rotatable bonds is 3. The minimum atomic E-state index is -0.261. The van der Waals surface area contributed by atoms with Crippen molar-refractivity contribution in [3.8, 4) is 27.9 Å². The van der Waals surface area contributed by atoms with Gasteiger partial charge < -0.3 is 0 Å². The lowest BCUT2D eigenvalue weighted by Gasteiger charge is -2.12. The van der Waals surface area contributed by atoms with Gasteiger partial charge in [-0.2, -0.15) is 0 Å². The van der Waals surface area contributed by atoms with Crippen molar-refractivity contribution in [2.45, 2.75) is 13.8 Å². The van der Waals surface area contributed by atoms with Crippen LogP contribution in [-0.2, 0) is 0 Å². The van der Waals surface area contributed by atoms with Crippen LogP contribution in [0.1, 0.15) is 11.1 Å². The summed E-state index contributed by atoms with van der Waals surface area (Å²) in [5, 5.41) is 11.9. The van der Waals surface area contributed by atoms with Crippen LogP contribution < -0.4 is 11.1 Å². The average Bonchev–Trinajstić information content (AvgIpc) is 3.57. The van der Waals surface area contributed by atoms with Gasteiger partial charge in [0.2, 0.25) is 0 Å². The molecule has 3 nitrogen and oxygen atoms in total. The normalized spacial score (nSPS) is 12.4. The van der Waals surface area contributed by atoms with Crippen LogP contribution in [0.4, 0.5) is 0 Å². The predicted molar refractivity (Wildman–Crippen MR) is 188 cm³/mol. The quantitative estimate of drug-likeness (QED) is 0.197. The van der Waals surface area contributed by atoms with Gasteiger partial charge in [-0.15, -0.1) is 0 Å². The van der Waals surface area contributed by atoms with E-state index in [2.05, 4.69) is 84.9 Å². The zero-order valence-corrected chi connectivity index (χ0v) is 24.7. The molecule has 0 radical (unpaired) electrons. The molecule has 10 aromatic rings. The fourth-order valence-corrected chi connectivity index (χ4v) is 8.00. The summed E-state index contributed by atoms with van der Waals surface area (Å²) < 4.78 is 1.39.